The molecule has 5 heteroatoms. The van der Waals surface area contributed by atoms with Gasteiger partial charge in [-0.2, -0.15) is 0 Å². The van der Waals surface area contributed by atoms with Crippen LogP contribution in [0.15, 0.2) is 0 Å². The average molecular weight is 264 g/mol. The normalized spacial score (nSPS) is 17.9. The van der Waals surface area contributed by atoms with E-state index in [1.807, 2.05) is 20.9 Å². The van der Waals surface area contributed by atoms with Crippen molar-refractivity contribution in [3.8, 4) is 0 Å². The van der Waals surface area contributed by atoms with Crippen LogP contribution >= 0.6 is 0 Å². The van der Waals surface area contributed by atoms with Crippen LogP contribution in [0.5, 0.6) is 0 Å². The average Bonchev–Trinajstić information content (AvgIpc) is 3.24. The lowest BCUT2D eigenvalue weighted by Gasteiger charge is -2.22. The molecule has 0 radical (unpaired) electrons. The Hall–Kier alpha value is -1.36. The summed E-state index contributed by atoms with van der Waals surface area (Å²) in [6.07, 6.45) is 2.38. The van der Waals surface area contributed by atoms with Crippen molar-refractivity contribution in [2.75, 3.05) is 24.3 Å². The van der Waals surface area contributed by atoms with Gasteiger partial charge in [-0.15, -0.1) is 0 Å². The highest BCUT2D eigenvalue weighted by Gasteiger charge is 2.28. The van der Waals surface area contributed by atoms with Crippen molar-refractivity contribution in [3.63, 3.8) is 0 Å². The second-order valence-electron chi connectivity index (χ2n) is 5.52. The van der Waals surface area contributed by atoms with E-state index in [2.05, 4.69) is 27.5 Å². The Morgan fingerprint density at radius 3 is 2.42 bits per heavy atom. The van der Waals surface area contributed by atoms with Crippen LogP contribution in [0.4, 0.5) is 11.6 Å². The van der Waals surface area contributed by atoms with Crippen molar-refractivity contribution in [2.24, 2.45) is 5.92 Å². The molecule has 2 unspecified atom stereocenters. The Kier molecular flexibility index (Phi) is 4.24. The van der Waals surface area contributed by atoms with Crippen LogP contribution in [0.1, 0.15) is 44.0 Å². The smallest absolute Gasteiger partial charge is 0.136 e. The Labute approximate surface area is 114 Å². The van der Waals surface area contributed by atoms with E-state index >= 15 is 0 Å². The quantitative estimate of drug-likeness (QED) is 0.734. The molecule has 106 valence electrons. The summed E-state index contributed by atoms with van der Waals surface area (Å²) in [4.78, 5) is 9.23. The molecule has 0 amide bonds. The van der Waals surface area contributed by atoms with Gasteiger partial charge < -0.3 is 15.7 Å². The summed E-state index contributed by atoms with van der Waals surface area (Å²) in [5, 5.41) is 15.8. The highest BCUT2D eigenvalue weighted by Crippen LogP contribution is 2.39. The lowest BCUT2D eigenvalue weighted by molar-refractivity contribution is 0.226. The molecule has 0 aliphatic heterocycles. The summed E-state index contributed by atoms with van der Waals surface area (Å²) in [6, 6.07) is 0.176. The monoisotopic (exact) mass is 264 g/mol. The number of anilines is 2. The highest BCUT2D eigenvalue weighted by molar-refractivity contribution is 5.57. The molecule has 1 aromatic rings. The summed E-state index contributed by atoms with van der Waals surface area (Å²) >= 11 is 0. The van der Waals surface area contributed by atoms with Crippen LogP contribution in [-0.4, -0.2) is 34.8 Å². The van der Waals surface area contributed by atoms with Gasteiger partial charge in [-0.1, -0.05) is 6.92 Å². The van der Waals surface area contributed by atoms with Gasteiger partial charge in [0, 0.05) is 31.2 Å². The molecule has 1 fully saturated rings. The van der Waals surface area contributed by atoms with E-state index in [0.29, 0.717) is 5.92 Å². The maximum absolute atomic E-state index is 9.22. The molecule has 0 bridgehead atoms. The number of hydrogen-bond donors (Lipinski definition) is 3. The van der Waals surface area contributed by atoms with Gasteiger partial charge in [0.05, 0.1) is 0 Å². The number of rotatable bonds is 6. The summed E-state index contributed by atoms with van der Waals surface area (Å²) < 4.78 is 0. The van der Waals surface area contributed by atoms with Crippen LogP contribution < -0.4 is 10.6 Å². The van der Waals surface area contributed by atoms with Crippen molar-refractivity contribution >= 4 is 11.6 Å². The molecule has 2 rings (SSSR count). The maximum atomic E-state index is 9.22. The van der Waals surface area contributed by atoms with E-state index in [1.165, 1.54) is 12.8 Å². The number of nitrogens with zero attached hydrogens (tertiary/aromatic N) is 2. The van der Waals surface area contributed by atoms with Gasteiger partial charge in [0.15, 0.2) is 0 Å². The molecule has 1 saturated carbocycles. The zero-order chi connectivity index (χ0) is 14.0. The van der Waals surface area contributed by atoms with Gasteiger partial charge >= 0.3 is 0 Å². The zero-order valence-corrected chi connectivity index (χ0v) is 12.2. The van der Waals surface area contributed by atoms with Crippen LogP contribution in [0.2, 0.25) is 0 Å². The lowest BCUT2D eigenvalue weighted by Crippen LogP contribution is -2.27. The molecule has 2 atom stereocenters. The van der Waals surface area contributed by atoms with Crippen molar-refractivity contribution < 1.29 is 5.11 Å². The minimum Gasteiger partial charge on any atom is -0.396 e. The molecule has 1 aliphatic carbocycles. The number of aliphatic hydroxyl groups is 1. The molecule has 0 saturated heterocycles. The summed E-state index contributed by atoms with van der Waals surface area (Å²) in [6.45, 7) is 6.28. The first-order chi connectivity index (χ1) is 9.06. The van der Waals surface area contributed by atoms with Gasteiger partial charge in [-0.25, -0.2) is 9.97 Å². The topological polar surface area (TPSA) is 70.1 Å². The van der Waals surface area contributed by atoms with Gasteiger partial charge in [0.1, 0.15) is 17.5 Å². The number of aromatic nitrogens is 2. The third-order valence-corrected chi connectivity index (χ3v) is 3.85. The van der Waals surface area contributed by atoms with Gasteiger partial charge in [-0.05, 0) is 32.6 Å². The fraction of sp³-hybridized carbons (Fsp3) is 0.714. The minimum absolute atomic E-state index is 0.173. The first kappa shape index (κ1) is 14.1. The molecule has 3 N–H and O–H groups in total. The van der Waals surface area contributed by atoms with E-state index in [0.717, 1.165) is 23.0 Å². The molecule has 5 nitrogen and oxygen atoms in total. The standard InChI is InChI=1S/C14H24N4O/c1-8(7-19)10(3)16-13-9(2)12(15-4)17-14(18-13)11-5-6-11/h8,10-11,19H,5-7H2,1-4H3,(H2,15,16,17,18). The van der Waals surface area contributed by atoms with Crippen LogP contribution in [-0.2, 0) is 0 Å². The van der Waals surface area contributed by atoms with Crippen LogP contribution in [0.3, 0.4) is 0 Å². The molecule has 0 spiro atoms. The van der Waals surface area contributed by atoms with Crippen molar-refractivity contribution in [3.05, 3.63) is 11.4 Å². The summed E-state index contributed by atoms with van der Waals surface area (Å²) in [7, 11) is 1.88. The second-order valence-corrected chi connectivity index (χ2v) is 5.52. The zero-order valence-electron chi connectivity index (χ0n) is 12.2. The third-order valence-electron chi connectivity index (χ3n) is 3.85. The Balaban J connectivity index is 2.24. The molecule has 19 heavy (non-hydrogen) atoms. The fourth-order valence-corrected chi connectivity index (χ4v) is 1.96. The predicted molar refractivity (Wildman–Crippen MR) is 77.6 cm³/mol. The molecular formula is C14H24N4O. The fourth-order valence-electron chi connectivity index (χ4n) is 1.96. The highest BCUT2D eigenvalue weighted by atomic mass is 16.3. The lowest BCUT2D eigenvalue weighted by atomic mass is 10.1. The van der Waals surface area contributed by atoms with Gasteiger partial charge in [-0.3, -0.25) is 0 Å². The number of hydrogen-bond acceptors (Lipinski definition) is 5. The van der Waals surface area contributed by atoms with E-state index in [-0.39, 0.29) is 18.6 Å². The first-order valence-electron chi connectivity index (χ1n) is 7.00. The molecule has 1 aliphatic rings. The molecule has 1 heterocycles. The maximum Gasteiger partial charge on any atom is 0.136 e. The Morgan fingerprint density at radius 2 is 1.89 bits per heavy atom. The van der Waals surface area contributed by atoms with E-state index in [1.54, 1.807) is 0 Å². The molecule has 1 aromatic heterocycles. The minimum atomic E-state index is 0.173. The summed E-state index contributed by atoms with van der Waals surface area (Å²) in [5.41, 5.74) is 1.03. The Bertz CT molecular complexity index is 445. The molecular weight excluding hydrogens is 240 g/mol. The predicted octanol–water partition coefficient (Wildman–Crippen LogP) is 2.13. The van der Waals surface area contributed by atoms with E-state index in [9.17, 15) is 5.11 Å². The van der Waals surface area contributed by atoms with Crippen LogP contribution in [0, 0.1) is 12.8 Å². The third kappa shape index (κ3) is 3.15. The second kappa shape index (κ2) is 5.74. The van der Waals surface area contributed by atoms with E-state index in [4.69, 9.17) is 0 Å². The van der Waals surface area contributed by atoms with Gasteiger partial charge in [0.2, 0.25) is 0 Å². The van der Waals surface area contributed by atoms with Crippen molar-refractivity contribution in [1.29, 1.82) is 0 Å². The van der Waals surface area contributed by atoms with E-state index < -0.39 is 0 Å². The largest absolute Gasteiger partial charge is 0.396 e. The number of aliphatic hydroxyl groups excluding tert-OH is 1. The van der Waals surface area contributed by atoms with Gasteiger partial charge in [0.25, 0.3) is 0 Å². The summed E-state index contributed by atoms with van der Waals surface area (Å²) in [5.74, 6) is 3.43. The first-order valence-corrected chi connectivity index (χ1v) is 7.00. The van der Waals surface area contributed by atoms with Crippen molar-refractivity contribution in [2.45, 2.75) is 45.6 Å². The SMILES string of the molecule is CNc1nc(C2CC2)nc(NC(C)C(C)CO)c1C. The van der Waals surface area contributed by atoms with Crippen LogP contribution in [0.25, 0.3) is 0 Å². The molecule has 0 aromatic carbocycles. The Morgan fingerprint density at radius 1 is 1.26 bits per heavy atom. The number of nitrogens with one attached hydrogen (secondary N) is 2. The van der Waals surface area contributed by atoms with Crippen molar-refractivity contribution in [1.82, 2.24) is 9.97 Å².